The molecule has 1 aromatic carbocycles. The molecule has 1 N–H and O–H groups in total. The first kappa shape index (κ1) is 17.2. The van der Waals surface area contributed by atoms with E-state index in [2.05, 4.69) is 10.3 Å². The number of ether oxygens (including phenoxy) is 1. The van der Waals surface area contributed by atoms with Crippen molar-refractivity contribution in [1.29, 1.82) is 5.26 Å². The number of carbonyl (C=O) groups is 1. The second-order valence-corrected chi connectivity index (χ2v) is 5.23. The predicted molar refractivity (Wildman–Crippen MR) is 92.0 cm³/mol. The summed E-state index contributed by atoms with van der Waals surface area (Å²) in [5.74, 6) is 0. The van der Waals surface area contributed by atoms with Crippen molar-refractivity contribution in [2.24, 2.45) is 0 Å². The normalized spacial score (nSPS) is 10.3. The molecule has 0 atom stereocenters. The van der Waals surface area contributed by atoms with Crippen LogP contribution < -0.4 is 5.32 Å². The number of carbonyl (C=O) groups excluding carboxylic acids is 1. The lowest BCUT2D eigenvalue weighted by atomic mass is 10.1. The Morgan fingerprint density at radius 2 is 2.17 bits per heavy atom. The summed E-state index contributed by atoms with van der Waals surface area (Å²) in [7, 11) is 0. The van der Waals surface area contributed by atoms with E-state index >= 15 is 0 Å². The molecule has 0 radical (unpaired) electrons. The third-order valence-corrected chi connectivity index (χ3v) is 3.31. The van der Waals surface area contributed by atoms with Gasteiger partial charge in [0.25, 0.3) is 0 Å². The minimum atomic E-state index is -0.428. The van der Waals surface area contributed by atoms with E-state index in [4.69, 9.17) is 10.00 Å². The molecule has 1 heterocycles. The third-order valence-electron chi connectivity index (χ3n) is 3.31. The van der Waals surface area contributed by atoms with Crippen LogP contribution in [0.15, 0.2) is 48.7 Å². The van der Waals surface area contributed by atoms with Gasteiger partial charge < -0.3 is 10.1 Å². The van der Waals surface area contributed by atoms with Crippen molar-refractivity contribution in [3.05, 3.63) is 71.1 Å². The topological polar surface area (TPSA) is 75.0 Å². The first-order valence-corrected chi connectivity index (χ1v) is 7.67. The van der Waals surface area contributed by atoms with Gasteiger partial charge in [-0.2, -0.15) is 5.26 Å². The van der Waals surface area contributed by atoms with Crippen LogP contribution in [-0.2, 0) is 11.3 Å². The van der Waals surface area contributed by atoms with E-state index in [9.17, 15) is 4.79 Å². The van der Waals surface area contributed by atoms with Gasteiger partial charge in [0.2, 0.25) is 0 Å². The van der Waals surface area contributed by atoms with Crippen molar-refractivity contribution in [2.45, 2.75) is 20.0 Å². The maximum atomic E-state index is 11.6. The number of benzene rings is 1. The highest BCUT2D eigenvalue weighted by atomic mass is 16.5. The summed E-state index contributed by atoms with van der Waals surface area (Å²) in [4.78, 5) is 15.6. The summed E-state index contributed by atoms with van der Waals surface area (Å²) in [5.41, 5.74) is 3.17. The monoisotopic (exact) mass is 321 g/mol. The molecule has 0 bridgehead atoms. The van der Waals surface area contributed by atoms with Crippen LogP contribution in [0.4, 0.5) is 4.79 Å². The number of hydrogen-bond acceptors (Lipinski definition) is 4. The van der Waals surface area contributed by atoms with Crippen molar-refractivity contribution in [3.8, 4) is 6.07 Å². The Balaban J connectivity index is 1.68. The van der Waals surface area contributed by atoms with Gasteiger partial charge in [-0.1, -0.05) is 42.5 Å². The molecule has 0 saturated carbocycles. The molecule has 2 rings (SSSR count). The Hall–Kier alpha value is -3.13. The van der Waals surface area contributed by atoms with Crippen LogP contribution in [0.1, 0.15) is 28.8 Å². The first-order valence-electron chi connectivity index (χ1n) is 7.67. The average Bonchev–Trinajstić information content (AvgIpc) is 2.61. The van der Waals surface area contributed by atoms with Crippen LogP contribution in [0.5, 0.6) is 0 Å². The number of nitrogens with zero attached hydrogens (tertiary/aromatic N) is 2. The highest BCUT2D eigenvalue weighted by molar-refractivity contribution is 5.67. The molecule has 0 spiro atoms. The van der Waals surface area contributed by atoms with Gasteiger partial charge in [-0.15, -0.1) is 0 Å². The predicted octanol–water partition coefficient (Wildman–Crippen LogP) is 3.59. The standard InChI is InChI=1S/C19H19N3O2/c1-15-11-17(13-22-18(15)12-20)9-5-6-10-21-19(23)24-14-16-7-3-2-4-8-16/h2-5,7-9,11,13H,6,10,14H2,1H3,(H,21,23). The fourth-order valence-corrected chi connectivity index (χ4v) is 2.06. The van der Waals surface area contributed by atoms with Crippen LogP contribution in [0.3, 0.4) is 0 Å². The number of nitriles is 1. The second-order valence-electron chi connectivity index (χ2n) is 5.23. The molecule has 5 heteroatoms. The van der Waals surface area contributed by atoms with Crippen molar-refractivity contribution in [1.82, 2.24) is 10.3 Å². The van der Waals surface area contributed by atoms with Gasteiger partial charge in [0.05, 0.1) is 0 Å². The van der Waals surface area contributed by atoms with Crippen molar-refractivity contribution < 1.29 is 9.53 Å². The van der Waals surface area contributed by atoms with Gasteiger partial charge in [-0.05, 0) is 36.1 Å². The number of pyridine rings is 1. The highest BCUT2D eigenvalue weighted by Crippen LogP contribution is 2.08. The maximum Gasteiger partial charge on any atom is 0.407 e. The lowest BCUT2D eigenvalue weighted by Gasteiger charge is -2.05. The molecule has 0 aliphatic heterocycles. The number of aryl methyl sites for hydroxylation is 1. The molecule has 122 valence electrons. The van der Waals surface area contributed by atoms with Gasteiger partial charge in [0.1, 0.15) is 18.4 Å². The van der Waals surface area contributed by atoms with E-state index in [0.717, 1.165) is 16.7 Å². The van der Waals surface area contributed by atoms with Gasteiger partial charge >= 0.3 is 6.09 Å². The Labute approximate surface area is 141 Å². The van der Waals surface area contributed by atoms with Gasteiger partial charge in [-0.25, -0.2) is 9.78 Å². The largest absolute Gasteiger partial charge is 0.445 e. The molecule has 24 heavy (non-hydrogen) atoms. The van der Waals surface area contributed by atoms with Gasteiger partial charge in [0, 0.05) is 12.7 Å². The van der Waals surface area contributed by atoms with Crippen molar-refractivity contribution in [2.75, 3.05) is 6.54 Å². The molecule has 1 amide bonds. The Morgan fingerprint density at radius 1 is 1.38 bits per heavy atom. The maximum absolute atomic E-state index is 11.6. The van der Waals surface area contributed by atoms with Crippen LogP contribution in [0, 0.1) is 18.3 Å². The Morgan fingerprint density at radius 3 is 2.88 bits per heavy atom. The summed E-state index contributed by atoms with van der Waals surface area (Å²) in [6, 6.07) is 13.5. The number of hydrogen-bond donors (Lipinski definition) is 1. The zero-order valence-corrected chi connectivity index (χ0v) is 13.5. The lowest BCUT2D eigenvalue weighted by molar-refractivity contribution is 0.140. The van der Waals surface area contributed by atoms with Crippen LogP contribution in [-0.4, -0.2) is 17.6 Å². The van der Waals surface area contributed by atoms with Crippen molar-refractivity contribution >= 4 is 12.2 Å². The zero-order valence-electron chi connectivity index (χ0n) is 13.5. The fraction of sp³-hybridized carbons (Fsp3) is 0.211. The molecule has 5 nitrogen and oxygen atoms in total. The zero-order chi connectivity index (χ0) is 17.2. The van der Waals surface area contributed by atoms with Gasteiger partial charge in [-0.3, -0.25) is 0 Å². The first-order chi connectivity index (χ1) is 11.7. The van der Waals surface area contributed by atoms with Gasteiger partial charge in [0.15, 0.2) is 0 Å². The van der Waals surface area contributed by atoms with E-state index in [-0.39, 0.29) is 6.61 Å². The number of rotatable bonds is 6. The highest BCUT2D eigenvalue weighted by Gasteiger charge is 2.01. The Kier molecular flexibility index (Phi) is 6.54. The average molecular weight is 321 g/mol. The molecular weight excluding hydrogens is 302 g/mol. The number of amides is 1. The van der Waals surface area contributed by atoms with E-state index in [1.54, 1.807) is 6.20 Å². The molecule has 2 aromatic rings. The molecule has 0 aliphatic carbocycles. The summed E-state index contributed by atoms with van der Waals surface area (Å²) < 4.78 is 5.12. The molecule has 0 aliphatic rings. The number of alkyl carbamates (subject to hydrolysis) is 1. The van der Waals surface area contributed by atoms with Crippen molar-refractivity contribution in [3.63, 3.8) is 0 Å². The lowest BCUT2D eigenvalue weighted by Crippen LogP contribution is -2.24. The summed E-state index contributed by atoms with van der Waals surface area (Å²) >= 11 is 0. The van der Waals surface area contributed by atoms with E-state index in [1.165, 1.54) is 0 Å². The summed E-state index contributed by atoms with van der Waals surface area (Å²) in [6.07, 6.45) is 5.77. The molecule has 1 aromatic heterocycles. The quantitative estimate of drug-likeness (QED) is 0.825. The van der Waals surface area contributed by atoms with Crippen LogP contribution >= 0.6 is 0 Å². The molecule has 0 unspecified atom stereocenters. The fourth-order valence-electron chi connectivity index (χ4n) is 2.06. The molecular formula is C19H19N3O2. The minimum absolute atomic E-state index is 0.263. The Bertz CT molecular complexity index is 749. The number of aromatic nitrogens is 1. The van der Waals surface area contributed by atoms with E-state index in [1.807, 2.05) is 61.5 Å². The van der Waals surface area contributed by atoms with Crippen LogP contribution in [0.2, 0.25) is 0 Å². The molecule has 0 saturated heterocycles. The summed E-state index contributed by atoms with van der Waals surface area (Å²) in [6.45, 7) is 2.61. The SMILES string of the molecule is Cc1cc(C=CCCNC(=O)OCc2ccccc2)cnc1C#N. The molecule has 0 fully saturated rings. The summed E-state index contributed by atoms with van der Waals surface area (Å²) in [5, 5.41) is 11.5. The van der Waals surface area contributed by atoms with E-state index in [0.29, 0.717) is 18.7 Å². The smallest absolute Gasteiger partial charge is 0.407 e. The third kappa shape index (κ3) is 5.58. The number of nitrogens with one attached hydrogen (secondary N) is 1. The second kappa shape index (κ2) is 9.11. The minimum Gasteiger partial charge on any atom is -0.445 e. The van der Waals surface area contributed by atoms with Crippen LogP contribution in [0.25, 0.3) is 6.08 Å². The van der Waals surface area contributed by atoms with E-state index < -0.39 is 6.09 Å².